The van der Waals surface area contributed by atoms with Gasteiger partial charge in [0.1, 0.15) is 5.52 Å². The maximum absolute atomic E-state index is 12.0. The zero-order valence-electron chi connectivity index (χ0n) is 14.9. The SMILES string of the molecule is C[C@H](OC(=O)/C=C/c1nc2ccccc2o1)C(=O)NCCN1C(=O)CSC1=O. The van der Waals surface area contributed by atoms with Crippen molar-refractivity contribution in [2.75, 3.05) is 18.8 Å². The number of ether oxygens (including phenoxy) is 1. The van der Waals surface area contributed by atoms with Crippen molar-refractivity contribution in [2.45, 2.75) is 13.0 Å². The first kappa shape index (κ1) is 19.6. The summed E-state index contributed by atoms with van der Waals surface area (Å²) in [5.74, 6) is -1.18. The molecule has 0 bridgehead atoms. The lowest BCUT2D eigenvalue weighted by atomic mass is 10.3. The number of amides is 3. The number of imide groups is 1. The molecular weight excluding hydrogens is 386 g/mol. The lowest BCUT2D eigenvalue weighted by molar-refractivity contribution is -0.150. The Labute approximate surface area is 164 Å². The minimum Gasteiger partial charge on any atom is -0.449 e. The molecule has 1 saturated heterocycles. The van der Waals surface area contributed by atoms with Crippen LogP contribution >= 0.6 is 11.8 Å². The Morgan fingerprint density at radius 2 is 2.18 bits per heavy atom. The van der Waals surface area contributed by atoms with Crippen molar-refractivity contribution in [2.24, 2.45) is 0 Å². The van der Waals surface area contributed by atoms with Crippen molar-refractivity contribution in [1.82, 2.24) is 15.2 Å². The van der Waals surface area contributed by atoms with Gasteiger partial charge in [-0.2, -0.15) is 0 Å². The van der Waals surface area contributed by atoms with Crippen molar-refractivity contribution in [3.63, 3.8) is 0 Å². The van der Waals surface area contributed by atoms with E-state index in [9.17, 15) is 19.2 Å². The predicted octanol–water partition coefficient (Wildman–Crippen LogP) is 1.58. The van der Waals surface area contributed by atoms with Crippen LogP contribution in [0.15, 0.2) is 34.8 Å². The molecule has 0 spiro atoms. The van der Waals surface area contributed by atoms with Crippen molar-refractivity contribution >= 4 is 52.0 Å². The van der Waals surface area contributed by atoms with E-state index in [0.717, 1.165) is 22.7 Å². The second-order valence-electron chi connectivity index (χ2n) is 5.82. The fourth-order valence-electron chi connectivity index (χ4n) is 2.40. The molecule has 1 atom stereocenters. The van der Waals surface area contributed by atoms with Crippen LogP contribution in [0.1, 0.15) is 12.8 Å². The van der Waals surface area contributed by atoms with E-state index in [4.69, 9.17) is 9.15 Å². The molecule has 146 valence electrons. The van der Waals surface area contributed by atoms with Crippen molar-refractivity contribution in [1.29, 1.82) is 0 Å². The number of para-hydroxylation sites is 2. The maximum Gasteiger partial charge on any atom is 0.331 e. The van der Waals surface area contributed by atoms with Crippen LogP contribution in [-0.2, 0) is 19.1 Å². The quantitative estimate of drug-likeness (QED) is 0.547. The summed E-state index contributed by atoms with van der Waals surface area (Å²) >= 11 is 0.927. The van der Waals surface area contributed by atoms with Crippen LogP contribution in [0.25, 0.3) is 17.2 Å². The first-order chi connectivity index (χ1) is 13.4. The van der Waals surface area contributed by atoms with Crippen LogP contribution in [0.4, 0.5) is 4.79 Å². The van der Waals surface area contributed by atoms with E-state index in [0.29, 0.717) is 11.1 Å². The molecule has 10 heteroatoms. The number of carbonyl (C=O) groups is 4. The molecular formula is C18H17N3O6S. The minimum absolute atomic E-state index is 0.0781. The average Bonchev–Trinajstić information content (AvgIpc) is 3.23. The highest BCUT2D eigenvalue weighted by Crippen LogP contribution is 2.18. The number of esters is 1. The summed E-state index contributed by atoms with van der Waals surface area (Å²) in [7, 11) is 0. The van der Waals surface area contributed by atoms with E-state index in [1.165, 1.54) is 13.0 Å². The van der Waals surface area contributed by atoms with Gasteiger partial charge in [-0.3, -0.25) is 19.3 Å². The van der Waals surface area contributed by atoms with Crippen molar-refractivity contribution < 1.29 is 28.3 Å². The molecule has 0 aliphatic carbocycles. The Bertz CT molecular complexity index is 905. The Kier molecular flexibility index (Phi) is 6.09. The van der Waals surface area contributed by atoms with E-state index >= 15 is 0 Å². The van der Waals surface area contributed by atoms with Crippen molar-refractivity contribution in [3.8, 4) is 0 Å². The second kappa shape index (κ2) is 8.70. The summed E-state index contributed by atoms with van der Waals surface area (Å²) in [5, 5.41) is 2.19. The summed E-state index contributed by atoms with van der Waals surface area (Å²) < 4.78 is 10.5. The molecule has 1 aliphatic heterocycles. The number of aromatic nitrogens is 1. The summed E-state index contributed by atoms with van der Waals surface area (Å²) in [4.78, 5) is 52.0. The standard InChI is InChI=1S/C18H17N3O6S/c1-11(17(24)19-8-9-21-15(22)10-28-18(21)25)26-16(23)7-6-14-20-12-4-2-3-5-13(12)27-14/h2-7,11H,8-10H2,1H3,(H,19,24)/b7-6+/t11-/m0/s1. The van der Waals surface area contributed by atoms with Gasteiger partial charge in [0.2, 0.25) is 11.8 Å². The molecule has 1 fully saturated rings. The molecule has 28 heavy (non-hydrogen) atoms. The molecule has 9 nitrogen and oxygen atoms in total. The Hall–Kier alpha value is -3.14. The number of benzene rings is 1. The summed E-state index contributed by atoms with van der Waals surface area (Å²) in [6.07, 6.45) is 1.43. The molecule has 1 aromatic heterocycles. The highest BCUT2D eigenvalue weighted by Gasteiger charge is 2.29. The molecule has 0 unspecified atom stereocenters. The molecule has 0 saturated carbocycles. The summed E-state index contributed by atoms with van der Waals surface area (Å²) in [6.45, 7) is 1.58. The molecule has 3 amide bonds. The van der Waals surface area contributed by atoms with Gasteiger partial charge in [0, 0.05) is 25.2 Å². The van der Waals surface area contributed by atoms with Gasteiger partial charge < -0.3 is 14.5 Å². The third kappa shape index (κ3) is 4.77. The normalized spacial score (nSPS) is 15.4. The smallest absolute Gasteiger partial charge is 0.331 e. The van der Waals surface area contributed by atoms with E-state index < -0.39 is 18.0 Å². The van der Waals surface area contributed by atoms with E-state index in [2.05, 4.69) is 10.3 Å². The van der Waals surface area contributed by atoms with Gasteiger partial charge in [0.05, 0.1) is 5.75 Å². The fraction of sp³-hybridized carbons (Fsp3) is 0.278. The van der Waals surface area contributed by atoms with Gasteiger partial charge in [0.15, 0.2) is 11.7 Å². The zero-order valence-corrected chi connectivity index (χ0v) is 15.7. The number of oxazole rings is 1. The highest BCUT2D eigenvalue weighted by molar-refractivity contribution is 8.14. The fourth-order valence-corrected chi connectivity index (χ4v) is 3.15. The number of hydrogen-bond acceptors (Lipinski definition) is 8. The van der Waals surface area contributed by atoms with E-state index in [-0.39, 0.29) is 35.9 Å². The van der Waals surface area contributed by atoms with Gasteiger partial charge in [0.25, 0.3) is 11.1 Å². The number of fused-ring (bicyclic) bond motifs is 1. The van der Waals surface area contributed by atoms with E-state index in [1.54, 1.807) is 12.1 Å². The Balaban J connectivity index is 1.44. The maximum atomic E-state index is 12.0. The lowest BCUT2D eigenvalue weighted by Gasteiger charge is -2.15. The predicted molar refractivity (Wildman–Crippen MR) is 101 cm³/mol. The largest absolute Gasteiger partial charge is 0.449 e. The molecule has 1 N–H and O–H groups in total. The Morgan fingerprint density at radius 1 is 1.39 bits per heavy atom. The number of nitrogens with one attached hydrogen (secondary N) is 1. The topological polar surface area (TPSA) is 119 Å². The minimum atomic E-state index is -1.04. The molecule has 2 heterocycles. The summed E-state index contributed by atoms with van der Waals surface area (Å²) in [6, 6.07) is 7.17. The zero-order chi connectivity index (χ0) is 20.1. The highest BCUT2D eigenvalue weighted by atomic mass is 32.2. The number of thioether (sulfide) groups is 1. The van der Waals surface area contributed by atoms with Gasteiger partial charge >= 0.3 is 5.97 Å². The van der Waals surface area contributed by atoms with Crippen LogP contribution in [0.2, 0.25) is 0 Å². The van der Waals surface area contributed by atoms with Crippen molar-refractivity contribution in [3.05, 3.63) is 36.2 Å². The van der Waals surface area contributed by atoms with Crippen LogP contribution in [0.3, 0.4) is 0 Å². The third-order valence-electron chi connectivity index (χ3n) is 3.81. The monoisotopic (exact) mass is 403 g/mol. The first-order valence-corrected chi connectivity index (χ1v) is 9.41. The van der Waals surface area contributed by atoms with Crippen LogP contribution in [0, 0.1) is 0 Å². The van der Waals surface area contributed by atoms with Crippen LogP contribution in [-0.4, -0.2) is 57.9 Å². The van der Waals surface area contributed by atoms with E-state index in [1.807, 2.05) is 12.1 Å². The molecule has 1 aliphatic rings. The van der Waals surface area contributed by atoms with Crippen LogP contribution < -0.4 is 5.32 Å². The number of nitrogens with zero attached hydrogens (tertiary/aromatic N) is 2. The van der Waals surface area contributed by atoms with Gasteiger partial charge in [-0.05, 0) is 19.1 Å². The molecule has 2 aromatic rings. The number of rotatable bonds is 7. The van der Waals surface area contributed by atoms with Gasteiger partial charge in [-0.15, -0.1) is 0 Å². The molecule has 1 aromatic carbocycles. The van der Waals surface area contributed by atoms with Gasteiger partial charge in [-0.1, -0.05) is 23.9 Å². The lowest BCUT2D eigenvalue weighted by Crippen LogP contribution is -2.41. The van der Waals surface area contributed by atoms with Crippen LogP contribution in [0.5, 0.6) is 0 Å². The average molecular weight is 403 g/mol. The van der Waals surface area contributed by atoms with Gasteiger partial charge in [-0.25, -0.2) is 9.78 Å². The third-order valence-corrected chi connectivity index (χ3v) is 4.67. The molecule has 3 rings (SSSR count). The summed E-state index contributed by atoms with van der Waals surface area (Å²) in [5.41, 5.74) is 1.26. The Morgan fingerprint density at radius 3 is 2.89 bits per heavy atom. The molecule has 0 radical (unpaired) electrons. The first-order valence-electron chi connectivity index (χ1n) is 8.43. The number of carbonyl (C=O) groups excluding carboxylic acids is 4. The second-order valence-corrected chi connectivity index (χ2v) is 6.75. The number of hydrogen-bond donors (Lipinski definition) is 1.